The lowest BCUT2D eigenvalue weighted by Gasteiger charge is -2.32. The van der Waals surface area contributed by atoms with Crippen molar-refractivity contribution < 1.29 is 4.79 Å². The van der Waals surface area contributed by atoms with Crippen LogP contribution in [0, 0.1) is 0 Å². The van der Waals surface area contributed by atoms with E-state index >= 15 is 0 Å². The maximum Gasteiger partial charge on any atom is 0.236 e. The molecule has 1 amide bonds. The van der Waals surface area contributed by atoms with Gasteiger partial charge in [-0.25, -0.2) is 0 Å². The largest absolute Gasteiger partial charge is 0.342 e. The van der Waals surface area contributed by atoms with Gasteiger partial charge in [-0.3, -0.25) is 9.69 Å². The molecule has 0 atom stereocenters. The van der Waals surface area contributed by atoms with Crippen LogP contribution in [0.3, 0.4) is 0 Å². The third kappa shape index (κ3) is 3.95. The molecular formula is C14H27N3O. The molecule has 1 aliphatic carbocycles. The highest BCUT2D eigenvalue weighted by molar-refractivity contribution is 5.78. The summed E-state index contributed by atoms with van der Waals surface area (Å²) in [5.74, 6) is 0.309. The van der Waals surface area contributed by atoms with Crippen molar-refractivity contribution in [2.24, 2.45) is 0 Å². The molecule has 4 heteroatoms. The fourth-order valence-corrected chi connectivity index (χ4v) is 3.03. The fourth-order valence-electron chi connectivity index (χ4n) is 3.03. The number of amides is 1. The van der Waals surface area contributed by atoms with E-state index in [1.165, 1.54) is 32.1 Å². The van der Waals surface area contributed by atoms with Gasteiger partial charge in [-0.2, -0.15) is 0 Å². The Bertz CT molecular complexity index is 256. The monoisotopic (exact) mass is 253 g/mol. The quantitative estimate of drug-likeness (QED) is 0.817. The van der Waals surface area contributed by atoms with Crippen LogP contribution in [0.1, 0.15) is 38.5 Å². The summed E-state index contributed by atoms with van der Waals surface area (Å²) in [6.07, 6.45) is 7.47. The van der Waals surface area contributed by atoms with Crippen molar-refractivity contribution in [2.45, 2.75) is 44.6 Å². The summed E-state index contributed by atoms with van der Waals surface area (Å²) in [5, 5.41) is 3.38. The topological polar surface area (TPSA) is 35.6 Å². The zero-order valence-electron chi connectivity index (χ0n) is 11.7. The summed E-state index contributed by atoms with van der Waals surface area (Å²) in [6, 6.07) is 0.497. The Labute approximate surface area is 111 Å². The molecule has 1 heterocycles. The minimum Gasteiger partial charge on any atom is -0.342 e. The Hall–Kier alpha value is -0.610. The number of nitrogens with zero attached hydrogens (tertiary/aromatic N) is 2. The molecule has 0 aromatic heterocycles. The van der Waals surface area contributed by atoms with Crippen LogP contribution in [0.15, 0.2) is 0 Å². The molecule has 1 N–H and O–H groups in total. The van der Waals surface area contributed by atoms with Gasteiger partial charge in [0.15, 0.2) is 0 Å². The lowest BCUT2D eigenvalue weighted by Crippen LogP contribution is -2.44. The molecule has 0 spiro atoms. The molecule has 0 aromatic carbocycles. The van der Waals surface area contributed by atoms with Crippen LogP contribution >= 0.6 is 0 Å². The van der Waals surface area contributed by atoms with Crippen molar-refractivity contribution in [3.05, 3.63) is 0 Å². The summed E-state index contributed by atoms with van der Waals surface area (Å²) in [7, 11) is 1.99. The predicted octanol–water partition coefficient (Wildman–Crippen LogP) is 1.07. The van der Waals surface area contributed by atoms with E-state index in [4.69, 9.17) is 0 Å². The summed E-state index contributed by atoms with van der Waals surface area (Å²) in [6.45, 7) is 4.76. The first-order valence-electron chi connectivity index (χ1n) is 7.46. The lowest BCUT2D eigenvalue weighted by molar-refractivity contribution is -0.133. The van der Waals surface area contributed by atoms with Gasteiger partial charge in [0.1, 0.15) is 0 Å². The number of carbonyl (C=O) groups excluding carboxylic acids is 1. The van der Waals surface area contributed by atoms with Gasteiger partial charge < -0.3 is 10.2 Å². The first-order valence-corrected chi connectivity index (χ1v) is 7.46. The first-order chi connectivity index (χ1) is 8.77. The number of rotatable bonds is 3. The standard InChI is InChI=1S/C14H27N3O/c1-16(13-6-3-2-4-7-13)14(18)12-17-10-5-8-15-9-11-17/h13,15H,2-12H2,1H3. The average Bonchev–Trinajstić information content (AvgIpc) is 2.67. The van der Waals surface area contributed by atoms with Crippen molar-refractivity contribution in [3.8, 4) is 0 Å². The third-order valence-corrected chi connectivity index (χ3v) is 4.31. The lowest BCUT2D eigenvalue weighted by atomic mass is 9.94. The second-order valence-corrected chi connectivity index (χ2v) is 5.68. The van der Waals surface area contributed by atoms with E-state index in [0.717, 1.165) is 32.6 Å². The summed E-state index contributed by atoms with van der Waals surface area (Å²) in [4.78, 5) is 16.6. The number of likely N-dealkylation sites (N-methyl/N-ethyl adjacent to an activating group) is 1. The van der Waals surface area contributed by atoms with Crippen LogP contribution < -0.4 is 5.32 Å². The van der Waals surface area contributed by atoms with Gasteiger partial charge in [0.05, 0.1) is 6.54 Å². The molecular weight excluding hydrogens is 226 g/mol. The molecule has 2 fully saturated rings. The predicted molar refractivity (Wildman–Crippen MR) is 73.6 cm³/mol. The highest BCUT2D eigenvalue weighted by atomic mass is 16.2. The maximum atomic E-state index is 12.3. The van der Waals surface area contributed by atoms with Gasteiger partial charge in [0, 0.05) is 26.2 Å². The van der Waals surface area contributed by atoms with E-state index in [9.17, 15) is 4.79 Å². The molecule has 2 aliphatic rings. The Kier molecular flexibility index (Phi) is 5.45. The molecule has 0 radical (unpaired) electrons. The van der Waals surface area contributed by atoms with Gasteiger partial charge in [-0.1, -0.05) is 19.3 Å². The first kappa shape index (κ1) is 13.8. The Balaban J connectivity index is 1.78. The van der Waals surface area contributed by atoms with Crippen LogP contribution in [0.25, 0.3) is 0 Å². The van der Waals surface area contributed by atoms with Crippen LogP contribution in [-0.4, -0.2) is 61.5 Å². The van der Waals surface area contributed by atoms with Gasteiger partial charge in [0.2, 0.25) is 5.91 Å². The molecule has 104 valence electrons. The SMILES string of the molecule is CN(C(=O)CN1CCCNCC1)C1CCCCC1. The molecule has 0 aromatic rings. The number of carbonyl (C=O) groups is 1. The average molecular weight is 253 g/mol. The molecule has 0 bridgehead atoms. The third-order valence-electron chi connectivity index (χ3n) is 4.31. The van der Waals surface area contributed by atoms with Crippen LogP contribution in [0.4, 0.5) is 0 Å². The van der Waals surface area contributed by atoms with Crippen LogP contribution in [-0.2, 0) is 4.79 Å². The van der Waals surface area contributed by atoms with Gasteiger partial charge in [-0.05, 0) is 32.4 Å². The van der Waals surface area contributed by atoms with Crippen LogP contribution in [0.2, 0.25) is 0 Å². The number of hydrogen-bond donors (Lipinski definition) is 1. The van der Waals surface area contributed by atoms with E-state index in [0.29, 0.717) is 18.5 Å². The van der Waals surface area contributed by atoms with E-state index in [-0.39, 0.29) is 0 Å². The van der Waals surface area contributed by atoms with Crippen molar-refractivity contribution in [2.75, 3.05) is 39.8 Å². The summed E-state index contributed by atoms with van der Waals surface area (Å²) >= 11 is 0. The normalized spacial score (nSPS) is 23.6. The molecule has 2 rings (SSSR count). The smallest absolute Gasteiger partial charge is 0.236 e. The van der Waals surface area contributed by atoms with Crippen molar-refractivity contribution in [3.63, 3.8) is 0 Å². The highest BCUT2D eigenvalue weighted by Crippen LogP contribution is 2.21. The second kappa shape index (κ2) is 7.10. The summed E-state index contributed by atoms with van der Waals surface area (Å²) in [5.41, 5.74) is 0. The molecule has 1 aliphatic heterocycles. The minimum absolute atomic E-state index is 0.309. The Morgan fingerprint density at radius 2 is 1.94 bits per heavy atom. The molecule has 1 saturated heterocycles. The Morgan fingerprint density at radius 1 is 1.17 bits per heavy atom. The number of hydrogen-bond acceptors (Lipinski definition) is 3. The van der Waals surface area contributed by atoms with Crippen molar-refractivity contribution in [1.82, 2.24) is 15.1 Å². The van der Waals surface area contributed by atoms with Crippen molar-refractivity contribution >= 4 is 5.91 Å². The Morgan fingerprint density at radius 3 is 2.72 bits per heavy atom. The van der Waals surface area contributed by atoms with E-state index in [1.54, 1.807) is 0 Å². The zero-order chi connectivity index (χ0) is 12.8. The fraction of sp³-hybridized carbons (Fsp3) is 0.929. The molecule has 4 nitrogen and oxygen atoms in total. The molecule has 1 saturated carbocycles. The van der Waals surface area contributed by atoms with E-state index in [1.807, 2.05) is 11.9 Å². The second-order valence-electron chi connectivity index (χ2n) is 5.68. The minimum atomic E-state index is 0.309. The summed E-state index contributed by atoms with van der Waals surface area (Å²) < 4.78 is 0. The van der Waals surface area contributed by atoms with Crippen molar-refractivity contribution in [1.29, 1.82) is 0 Å². The van der Waals surface area contributed by atoms with Gasteiger partial charge in [-0.15, -0.1) is 0 Å². The van der Waals surface area contributed by atoms with E-state index in [2.05, 4.69) is 10.2 Å². The van der Waals surface area contributed by atoms with Gasteiger partial charge >= 0.3 is 0 Å². The zero-order valence-corrected chi connectivity index (χ0v) is 11.7. The van der Waals surface area contributed by atoms with E-state index < -0.39 is 0 Å². The van der Waals surface area contributed by atoms with Crippen LogP contribution in [0.5, 0.6) is 0 Å². The van der Waals surface area contributed by atoms with Gasteiger partial charge in [0.25, 0.3) is 0 Å². The number of nitrogens with one attached hydrogen (secondary N) is 1. The highest BCUT2D eigenvalue weighted by Gasteiger charge is 2.23. The maximum absolute atomic E-state index is 12.3. The molecule has 18 heavy (non-hydrogen) atoms. The molecule has 0 unspecified atom stereocenters.